The monoisotopic (exact) mass is 620 g/mol. The minimum absolute atomic E-state index is 0.00748. The fourth-order valence-electron chi connectivity index (χ4n) is 5.79. The number of aromatic nitrogens is 1. The van der Waals surface area contributed by atoms with E-state index in [1.807, 2.05) is 4.90 Å². The van der Waals surface area contributed by atoms with E-state index in [1.165, 1.54) is 20.4 Å². The molecule has 0 radical (unpaired) electrons. The van der Waals surface area contributed by atoms with Crippen LogP contribution < -0.4 is 25.4 Å². The van der Waals surface area contributed by atoms with Crippen LogP contribution in [0.25, 0.3) is 21.9 Å². The van der Waals surface area contributed by atoms with Crippen LogP contribution in [-0.4, -0.2) is 79.8 Å². The van der Waals surface area contributed by atoms with Crippen LogP contribution >= 0.6 is 0 Å². The third kappa shape index (κ3) is 5.70. The van der Waals surface area contributed by atoms with Gasteiger partial charge in [0.15, 0.2) is 11.6 Å². The maximum Gasteiger partial charge on any atom is 0.345 e. The quantitative estimate of drug-likeness (QED) is 0.158. The van der Waals surface area contributed by atoms with E-state index in [9.17, 15) is 19.5 Å². The van der Waals surface area contributed by atoms with Gasteiger partial charge in [-0.05, 0) is 44.0 Å². The van der Waals surface area contributed by atoms with Gasteiger partial charge >= 0.3 is 11.6 Å². The Morgan fingerprint density at radius 1 is 1.07 bits per heavy atom. The van der Waals surface area contributed by atoms with Gasteiger partial charge in [-0.3, -0.25) is 9.69 Å². The first-order valence-corrected chi connectivity index (χ1v) is 14.7. The molecule has 1 aliphatic heterocycles. The molecule has 2 fully saturated rings. The Morgan fingerprint density at radius 3 is 2.47 bits per heavy atom. The maximum atomic E-state index is 15.8. The lowest BCUT2D eigenvalue weighted by Gasteiger charge is -2.37. The molecule has 0 bridgehead atoms. The summed E-state index contributed by atoms with van der Waals surface area (Å²) >= 11 is 0. The zero-order chi connectivity index (χ0) is 31.8. The van der Waals surface area contributed by atoms with Gasteiger partial charge in [-0.15, -0.1) is 0 Å². The van der Waals surface area contributed by atoms with Gasteiger partial charge in [-0.2, -0.15) is 0 Å². The predicted octanol–water partition coefficient (Wildman–Crippen LogP) is 3.86. The molecular formula is C32H33FN4O8. The van der Waals surface area contributed by atoms with Crippen LogP contribution in [0, 0.1) is 5.82 Å². The molecule has 2 aliphatic rings. The second-order valence-electron chi connectivity index (χ2n) is 11.0. The Hall–Kier alpha value is -4.91. The number of oxime groups is 1. The molecule has 45 heavy (non-hydrogen) atoms. The Balaban J connectivity index is 1.28. The molecule has 0 atom stereocenters. The highest BCUT2D eigenvalue weighted by molar-refractivity contribution is 6.03. The lowest BCUT2D eigenvalue weighted by molar-refractivity contribution is 0.0694. The maximum absolute atomic E-state index is 15.8. The van der Waals surface area contributed by atoms with E-state index in [4.69, 9.17) is 18.7 Å². The topological polar surface area (TPSA) is 136 Å². The van der Waals surface area contributed by atoms with Gasteiger partial charge in [0.1, 0.15) is 34.9 Å². The first kappa shape index (κ1) is 30.1. The summed E-state index contributed by atoms with van der Waals surface area (Å²) < 4.78 is 34.1. The molecule has 0 unspecified atom stereocenters. The molecular weight excluding hydrogens is 587 g/mol. The predicted molar refractivity (Wildman–Crippen MR) is 166 cm³/mol. The zero-order valence-electron chi connectivity index (χ0n) is 25.2. The standard InChI is InChI=1S/C32H33FN4O8/c1-4-44-34-25(21-13-18-5-8-20(42-2)14-26(18)45-32(21)41)17-35-9-11-36(12-10-35)28-24(33)15-22-27(30(28)43-3)37(19-6-7-19)16-23(29(22)38)31(39)40/h5,8,13-16,19H,4,6-7,9-12,17H2,1-3H3,(H,39,40)/b34-25-. The van der Waals surface area contributed by atoms with Crippen molar-refractivity contribution in [2.45, 2.75) is 25.8 Å². The van der Waals surface area contributed by atoms with Gasteiger partial charge in [0, 0.05) is 56.4 Å². The number of aromatic carboxylic acids is 1. The van der Waals surface area contributed by atoms with Gasteiger partial charge in [0.25, 0.3) is 0 Å². The summed E-state index contributed by atoms with van der Waals surface area (Å²) in [6.45, 7) is 4.21. The summed E-state index contributed by atoms with van der Waals surface area (Å²) in [7, 11) is 2.96. The number of carbonyl (C=O) groups is 1. The molecule has 6 rings (SSSR count). The van der Waals surface area contributed by atoms with Gasteiger partial charge in [0.2, 0.25) is 5.43 Å². The molecule has 1 aliphatic carbocycles. The normalized spacial score (nSPS) is 15.9. The third-order valence-corrected chi connectivity index (χ3v) is 8.19. The number of rotatable bonds is 10. The zero-order valence-corrected chi connectivity index (χ0v) is 25.2. The molecule has 1 N–H and O–H groups in total. The van der Waals surface area contributed by atoms with E-state index < -0.39 is 28.4 Å². The van der Waals surface area contributed by atoms with Crippen molar-refractivity contribution in [2.75, 3.05) is 58.5 Å². The van der Waals surface area contributed by atoms with Crippen molar-refractivity contribution in [3.8, 4) is 11.5 Å². The van der Waals surface area contributed by atoms with Crippen LogP contribution in [0.15, 0.2) is 55.7 Å². The molecule has 2 aromatic heterocycles. The average molecular weight is 621 g/mol. The van der Waals surface area contributed by atoms with Crippen molar-refractivity contribution in [1.82, 2.24) is 9.47 Å². The highest BCUT2D eigenvalue weighted by Crippen LogP contribution is 2.43. The number of piperazine rings is 1. The fraction of sp³-hybridized carbons (Fsp3) is 0.375. The Labute approximate surface area is 256 Å². The molecule has 1 saturated carbocycles. The first-order valence-electron chi connectivity index (χ1n) is 14.7. The second kappa shape index (κ2) is 12.2. The minimum Gasteiger partial charge on any atom is -0.497 e. The third-order valence-electron chi connectivity index (χ3n) is 8.19. The van der Waals surface area contributed by atoms with E-state index in [0.29, 0.717) is 60.7 Å². The molecule has 13 heteroatoms. The average Bonchev–Trinajstić information content (AvgIpc) is 3.88. The number of anilines is 1. The molecule has 1 saturated heterocycles. The molecule has 2 aromatic carbocycles. The minimum atomic E-state index is -1.36. The van der Waals surface area contributed by atoms with Crippen LogP contribution in [-0.2, 0) is 4.84 Å². The highest BCUT2D eigenvalue weighted by atomic mass is 19.1. The van der Waals surface area contributed by atoms with Crippen molar-refractivity contribution < 1.29 is 33.0 Å². The Morgan fingerprint density at radius 2 is 1.82 bits per heavy atom. The van der Waals surface area contributed by atoms with Crippen molar-refractivity contribution in [1.29, 1.82) is 0 Å². The smallest absolute Gasteiger partial charge is 0.345 e. The van der Waals surface area contributed by atoms with E-state index in [0.717, 1.165) is 18.9 Å². The van der Waals surface area contributed by atoms with Crippen molar-refractivity contribution >= 4 is 39.2 Å². The van der Waals surface area contributed by atoms with Crippen LogP contribution in [0.4, 0.5) is 10.1 Å². The summed E-state index contributed by atoms with van der Waals surface area (Å²) in [5.41, 5.74) is -0.00793. The van der Waals surface area contributed by atoms with Crippen LogP contribution in [0.2, 0.25) is 0 Å². The number of fused-ring (bicyclic) bond motifs is 2. The number of hydrogen-bond donors (Lipinski definition) is 1. The first-order chi connectivity index (χ1) is 21.7. The number of benzene rings is 2. The van der Waals surface area contributed by atoms with Crippen LogP contribution in [0.1, 0.15) is 41.7 Å². The summed E-state index contributed by atoms with van der Waals surface area (Å²) in [5.74, 6) is -1.26. The van der Waals surface area contributed by atoms with Crippen LogP contribution in [0.5, 0.6) is 11.5 Å². The molecule has 3 heterocycles. The molecule has 236 valence electrons. The van der Waals surface area contributed by atoms with Gasteiger partial charge in [-0.25, -0.2) is 14.0 Å². The summed E-state index contributed by atoms with van der Waals surface area (Å²) in [4.78, 5) is 47.1. The number of methoxy groups -OCH3 is 2. The Kier molecular flexibility index (Phi) is 8.19. The Bertz CT molecular complexity index is 1940. The number of carboxylic acid groups (broad SMARTS) is 1. The summed E-state index contributed by atoms with van der Waals surface area (Å²) in [5, 5.41) is 14.5. The van der Waals surface area contributed by atoms with Gasteiger partial charge in [-0.1, -0.05) is 5.16 Å². The van der Waals surface area contributed by atoms with Crippen LogP contribution in [0.3, 0.4) is 0 Å². The number of hydrogen-bond acceptors (Lipinski definition) is 10. The van der Waals surface area contributed by atoms with E-state index in [2.05, 4.69) is 10.1 Å². The number of nitrogens with zero attached hydrogens (tertiary/aromatic N) is 4. The molecule has 12 nitrogen and oxygen atoms in total. The molecule has 4 aromatic rings. The van der Waals surface area contributed by atoms with Gasteiger partial charge in [0.05, 0.1) is 30.7 Å². The van der Waals surface area contributed by atoms with Crippen molar-refractivity contribution in [3.63, 3.8) is 0 Å². The molecule has 0 amide bonds. The van der Waals surface area contributed by atoms with Crippen molar-refractivity contribution in [3.05, 3.63) is 74.1 Å². The number of pyridine rings is 1. The van der Waals surface area contributed by atoms with E-state index in [1.54, 1.807) is 35.8 Å². The SMILES string of the molecule is CCO/N=C(/CN1CCN(c2c(F)cc3c(=O)c(C(=O)O)cn(C4CC4)c3c2OC)CC1)c1cc2ccc(OC)cc2oc1=O. The van der Waals surface area contributed by atoms with E-state index >= 15 is 4.39 Å². The second-order valence-corrected chi connectivity index (χ2v) is 11.0. The lowest BCUT2D eigenvalue weighted by atomic mass is 10.1. The van der Waals surface area contributed by atoms with E-state index in [-0.39, 0.29) is 35.0 Å². The molecule has 0 spiro atoms. The summed E-state index contributed by atoms with van der Waals surface area (Å²) in [6, 6.07) is 8.07. The highest BCUT2D eigenvalue weighted by Gasteiger charge is 2.32. The number of carboxylic acids is 1. The largest absolute Gasteiger partial charge is 0.497 e. The fourth-order valence-corrected chi connectivity index (χ4v) is 5.79. The number of ether oxygens (including phenoxy) is 2. The number of halogens is 1. The van der Waals surface area contributed by atoms with Crippen molar-refractivity contribution in [2.24, 2.45) is 5.16 Å². The lowest BCUT2D eigenvalue weighted by Crippen LogP contribution is -2.48. The van der Waals surface area contributed by atoms with Gasteiger partial charge < -0.3 is 33.3 Å². The summed E-state index contributed by atoms with van der Waals surface area (Å²) in [6.07, 6.45) is 2.98.